The minimum Gasteiger partial charge on any atom is -0.374 e. The molecule has 5 rings (SSSR count). The second-order valence-electron chi connectivity index (χ2n) is 8.77. The predicted octanol–water partition coefficient (Wildman–Crippen LogP) is 4.64. The fourth-order valence-electron chi connectivity index (χ4n) is 4.70. The summed E-state index contributed by atoms with van der Waals surface area (Å²) < 4.78 is 2.04. The highest BCUT2D eigenvalue weighted by Crippen LogP contribution is 2.28. The molecule has 4 aromatic rings. The van der Waals surface area contributed by atoms with Gasteiger partial charge < -0.3 is 14.8 Å². The van der Waals surface area contributed by atoms with E-state index < -0.39 is 0 Å². The lowest BCUT2D eigenvalue weighted by Crippen LogP contribution is -2.39. The Labute approximate surface area is 194 Å². The number of para-hydroxylation sites is 1. The van der Waals surface area contributed by atoms with Gasteiger partial charge in [-0.3, -0.25) is 4.79 Å². The number of carbonyl (C=O) groups excluding carboxylic acids is 1. The zero-order valence-electron chi connectivity index (χ0n) is 18.8. The molecule has 0 saturated heterocycles. The van der Waals surface area contributed by atoms with E-state index in [0.717, 1.165) is 30.6 Å². The van der Waals surface area contributed by atoms with Crippen molar-refractivity contribution in [2.24, 2.45) is 5.92 Å². The average Bonchev–Trinajstić information content (AvgIpc) is 3.36. The summed E-state index contributed by atoms with van der Waals surface area (Å²) in [6, 6.07) is 24.8. The zero-order chi connectivity index (χ0) is 22.6. The summed E-state index contributed by atoms with van der Waals surface area (Å²) in [6.45, 7) is 2.38. The van der Waals surface area contributed by atoms with Gasteiger partial charge in [0, 0.05) is 50.3 Å². The number of amides is 1. The molecule has 1 aliphatic rings. The number of nitrogens with one attached hydrogen (secondary N) is 1. The lowest BCUT2D eigenvalue weighted by molar-refractivity contribution is 0.0947. The third-order valence-corrected chi connectivity index (χ3v) is 6.36. The molecule has 5 heteroatoms. The van der Waals surface area contributed by atoms with E-state index in [1.54, 1.807) is 6.20 Å². The van der Waals surface area contributed by atoms with Gasteiger partial charge in [-0.2, -0.15) is 0 Å². The number of carbonyl (C=O) groups is 1. The minimum absolute atomic E-state index is 0.0189. The Hall–Kier alpha value is -3.86. The molecule has 1 unspecified atom stereocenters. The van der Waals surface area contributed by atoms with Gasteiger partial charge in [-0.15, -0.1) is 0 Å². The lowest BCUT2D eigenvalue weighted by atomic mass is 9.92. The SMILES string of the molecule is CN1CC(CNC(=O)c2ccccc2-c2ccc(Cn3ccnc3)cc2)Cc2ccccc21. The van der Waals surface area contributed by atoms with Crippen LogP contribution in [0.3, 0.4) is 0 Å². The van der Waals surface area contributed by atoms with Crippen LogP contribution in [0.15, 0.2) is 91.5 Å². The van der Waals surface area contributed by atoms with Crippen LogP contribution in [0.5, 0.6) is 0 Å². The van der Waals surface area contributed by atoms with Gasteiger partial charge in [0.25, 0.3) is 5.91 Å². The molecule has 1 atom stereocenters. The summed E-state index contributed by atoms with van der Waals surface area (Å²) in [6.07, 6.45) is 6.54. The van der Waals surface area contributed by atoms with Crippen molar-refractivity contribution < 1.29 is 4.79 Å². The second-order valence-corrected chi connectivity index (χ2v) is 8.77. The van der Waals surface area contributed by atoms with E-state index in [1.807, 2.05) is 41.4 Å². The van der Waals surface area contributed by atoms with Crippen molar-refractivity contribution in [3.63, 3.8) is 0 Å². The van der Waals surface area contributed by atoms with Crippen molar-refractivity contribution in [3.8, 4) is 11.1 Å². The molecule has 0 spiro atoms. The molecule has 33 heavy (non-hydrogen) atoms. The number of aromatic nitrogens is 2. The standard InChI is InChI=1S/C28H28N4O/c1-31-18-22(16-24-6-2-5-9-27(24)31)17-30-28(33)26-8-4-3-7-25(26)23-12-10-21(11-13-23)19-32-15-14-29-20-32/h2-15,20,22H,16-19H2,1H3,(H,30,33). The van der Waals surface area contributed by atoms with Gasteiger partial charge in [0.05, 0.1) is 6.33 Å². The average molecular weight is 437 g/mol. The van der Waals surface area contributed by atoms with E-state index in [-0.39, 0.29) is 5.91 Å². The highest BCUT2D eigenvalue weighted by atomic mass is 16.1. The molecule has 0 saturated carbocycles. The van der Waals surface area contributed by atoms with Crippen molar-refractivity contribution >= 4 is 11.6 Å². The largest absolute Gasteiger partial charge is 0.374 e. The molecule has 1 amide bonds. The fraction of sp³-hybridized carbons (Fsp3) is 0.214. The molecule has 1 aromatic heterocycles. The van der Waals surface area contributed by atoms with Gasteiger partial charge in [0.15, 0.2) is 0 Å². The first-order valence-electron chi connectivity index (χ1n) is 11.4. The molecule has 166 valence electrons. The molecule has 0 radical (unpaired) electrons. The number of hydrogen-bond donors (Lipinski definition) is 1. The van der Waals surface area contributed by atoms with Crippen LogP contribution < -0.4 is 10.2 Å². The Bertz CT molecular complexity index is 1230. The Balaban J connectivity index is 1.27. The van der Waals surface area contributed by atoms with Gasteiger partial charge in [-0.25, -0.2) is 4.98 Å². The number of nitrogens with zero attached hydrogens (tertiary/aromatic N) is 3. The normalized spacial score (nSPS) is 15.2. The quantitative estimate of drug-likeness (QED) is 0.479. The maximum atomic E-state index is 13.2. The molecule has 0 aliphatic carbocycles. The molecular weight excluding hydrogens is 408 g/mol. The Morgan fingerprint density at radius 1 is 1.03 bits per heavy atom. The molecular formula is C28H28N4O. The van der Waals surface area contributed by atoms with Gasteiger partial charge >= 0.3 is 0 Å². The van der Waals surface area contributed by atoms with E-state index in [1.165, 1.54) is 16.8 Å². The third kappa shape index (κ3) is 4.67. The number of imidazole rings is 1. The number of benzene rings is 3. The van der Waals surface area contributed by atoms with E-state index in [9.17, 15) is 4.79 Å². The Morgan fingerprint density at radius 3 is 2.64 bits per heavy atom. The first-order valence-corrected chi connectivity index (χ1v) is 11.4. The minimum atomic E-state index is -0.0189. The van der Waals surface area contributed by atoms with Crippen LogP contribution in [0, 0.1) is 5.92 Å². The van der Waals surface area contributed by atoms with Gasteiger partial charge in [0.1, 0.15) is 0 Å². The fourth-order valence-corrected chi connectivity index (χ4v) is 4.70. The van der Waals surface area contributed by atoms with Crippen molar-refractivity contribution in [1.82, 2.24) is 14.9 Å². The van der Waals surface area contributed by atoms with Gasteiger partial charge in [-0.1, -0.05) is 60.7 Å². The Morgan fingerprint density at radius 2 is 1.82 bits per heavy atom. The van der Waals surface area contributed by atoms with Crippen LogP contribution >= 0.6 is 0 Å². The van der Waals surface area contributed by atoms with E-state index >= 15 is 0 Å². The molecule has 1 N–H and O–H groups in total. The molecule has 0 bridgehead atoms. The number of fused-ring (bicyclic) bond motifs is 1. The van der Waals surface area contributed by atoms with Crippen molar-refractivity contribution in [2.75, 3.05) is 25.0 Å². The van der Waals surface area contributed by atoms with Crippen molar-refractivity contribution in [2.45, 2.75) is 13.0 Å². The summed E-state index contributed by atoms with van der Waals surface area (Å²) in [7, 11) is 2.12. The first-order chi connectivity index (χ1) is 16.2. The maximum Gasteiger partial charge on any atom is 0.251 e. The van der Waals surface area contributed by atoms with Crippen LogP contribution in [0.25, 0.3) is 11.1 Å². The molecule has 5 nitrogen and oxygen atoms in total. The third-order valence-electron chi connectivity index (χ3n) is 6.36. The smallest absolute Gasteiger partial charge is 0.251 e. The van der Waals surface area contributed by atoms with Crippen molar-refractivity contribution in [1.29, 1.82) is 0 Å². The first kappa shape index (κ1) is 21.0. The zero-order valence-corrected chi connectivity index (χ0v) is 18.8. The van der Waals surface area contributed by atoms with E-state index in [0.29, 0.717) is 18.0 Å². The Kier molecular flexibility index (Phi) is 5.94. The van der Waals surface area contributed by atoms with Gasteiger partial charge in [0.2, 0.25) is 0 Å². The van der Waals surface area contributed by atoms with Crippen LogP contribution in [0.4, 0.5) is 5.69 Å². The van der Waals surface area contributed by atoms with Gasteiger partial charge in [-0.05, 0) is 46.7 Å². The summed E-state index contributed by atoms with van der Waals surface area (Å²) in [5.74, 6) is 0.373. The van der Waals surface area contributed by atoms with Crippen LogP contribution in [-0.4, -0.2) is 35.6 Å². The maximum absolute atomic E-state index is 13.2. The monoisotopic (exact) mass is 436 g/mol. The summed E-state index contributed by atoms with van der Waals surface area (Å²) in [4.78, 5) is 19.5. The predicted molar refractivity (Wildman–Crippen MR) is 132 cm³/mol. The molecule has 2 heterocycles. The van der Waals surface area contributed by atoms with Crippen LogP contribution in [0.1, 0.15) is 21.5 Å². The topological polar surface area (TPSA) is 50.2 Å². The van der Waals surface area contributed by atoms with E-state index in [2.05, 4.69) is 70.8 Å². The highest BCUT2D eigenvalue weighted by Gasteiger charge is 2.23. The highest BCUT2D eigenvalue weighted by molar-refractivity contribution is 6.00. The number of rotatable bonds is 6. The lowest BCUT2D eigenvalue weighted by Gasteiger charge is -2.33. The number of anilines is 1. The second kappa shape index (κ2) is 9.33. The summed E-state index contributed by atoms with van der Waals surface area (Å²) in [5, 5.41) is 3.20. The number of hydrogen-bond acceptors (Lipinski definition) is 3. The molecule has 1 aliphatic heterocycles. The van der Waals surface area contributed by atoms with Crippen molar-refractivity contribution in [3.05, 3.63) is 108 Å². The molecule has 0 fully saturated rings. The summed E-state index contributed by atoms with van der Waals surface area (Å²) >= 11 is 0. The van der Waals surface area contributed by atoms with E-state index in [4.69, 9.17) is 0 Å². The summed E-state index contributed by atoms with van der Waals surface area (Å²) in [5.41, 5.74) is 6.55. The molecule has 3 aromatic carbocycles. The van der Waals surface area contributed by atoms with Crippen LogP contribution in [-0.2, 0) is 13.0 Å². The van der Waals surface area contributed by atoms with Crippen LogP contribution in [0.2, 0.25) is 0 Å².